The maximum absolute atomic E-state index is 12.5. The molecule has 0 aliphatic heterocycles. The number of halogens is 1. The fraction of sp³-hybridized carbons (Fsp3) is 0. The summed E-state index contributed by atoms with van der Waals surface area (Å²) in [5.41, 5.74) is 0.00829. The third-order valence-electron chi connectivity index (χ3n) is 1.13. The number of nitrogens with zero attached hydrogens (tertiary/aromatic N) is 1. The van der Waals surface area contributed by atoms with Crippen molar-refractivity contribution in [1.82, 2.24) is 4.98 Å². The summed E-state index contributed by atoms with van der Waals surface area (Å²) in [7, 11) is 0. The number of rotatable bonds is 1. The highest BCUT2D eigenvalue weighted by atomic mass is 19.1. The van der Waals surface area contributed by atoms with Gasteiger partial charge in [-0.3, -0.25) is 4.79 Å². The summed E-state index contributed by atoms with van der Waals surface area (Å²) in [5.74, 6) is 1.54. The van der Waals surface area contributed by atoms with Crippen molar-refractivity contribution in [2.75, 3.05) is 0 Å². The van der Waals surface area contributed by atoms with Crippen LogP contribution in [-0.4, -0.2) is 11.3 Å². The third kappa shape index (κ3) is 1.41. The molecule has 0 unspecified atom stereocenters. The van der Waals surface area contributed by atoms with Gasteiger partial charge in [-0.1, -0.05) is 5.92 Å². The normalized spacial score (nSPS) is 8.73. The molecule has 1 aromatic rings. The van der Waals surface area contributed by atoms with Crippen LogP contribution >= 0.6 is 0 Å². The molecular weight excluding hydrogens is 145 g/mol. The summed E-state index contributed by atoms with van der Waals surface area (Å²) < 4.78 is 12.5. The predicted octanol–water partition coefficient (Wildman–Crippen LogP) is 1.01. The molecule has 0 aliphatic rings. The summed E-state index contributed by atoms with van der Waals surface area (Å²) in [6.07, 6.45) is 5.30. The molecule has 0 atom stereocenters. The molecule has 0 spiro atoms. The number of terminal acetylenes is 1. The van der Waals surface area contributed by atoms with E-state index in [0.717, 1.165) is 6.07 Å². The van der Waals surface area contributed by atoms with E-state index < -0.39 is 5.82 Å². The van der Waals surface area contributed by atoms with Crippen molar-refractivity contribution < 1.29 is 9.18 Å². The fourth-order valence-electron chi connectivity index (χ4n) is 0.621. The van der Waals surface area contributed by atoms with Crippen LogP contribution in [0.25, 0.3) is 0 Å². The van der Waals surface area contributed by atoms with Crippen LogP contribution in [0, 0.1) is 18.2 Å². The third-order valence-corrected chi connectivity index (χ3v) is 1.13. The molecular formula is C8H4FNO. The number of hydrogen-bond acceptors (Lipinski definition) is 2. The summed E-state index contributed by atoms with van der Waals surface area (Å²) in [5, 5.41) is 0. The van der Waals surface area contributed by atoms with E-state index >= 15 is 0 Å². The number of aromatic nitrogens is 1. The van der Waals surface area contributed by atoms with Gasteiger partial charge in [0.15, 0.2) is 12.1 Å². The lowest BCUT2D eigenvalue weighted by molar-refractivity contribution is 0.111. The van der Waals surface area contributed by atoms with Crippen LogP contribution in [0.3, 0.4) is 0 Å². The van der Waals surface area contributed by atoms with Gasteiger partial charge < -0.3 is 0 Å². The quantitative estimate of drug-likeness (QED) is 0.440. The summed E-state index contributed by atoms with van der Waals surface area (Å²) in [6.45, 7) is 0. The highest BCUT2D eigenvalue weighted by molar-refractivity contribution is 5.72. The van der Waals surface area contributed by atoms with E-state index in [1.54, 1.807) is 0 Å². The molecule has 2 nitrogen and oxygen atoms in total. The SMILES string of the molecule is C#Cc1ccc(F)c(C=O)n1. The van der Waals surface area contributed by atoms with Crippen LogP contribution < -0.4 is 0 Å². The molecule has 54 valence electrons. The Bertz CT molecular complexity index is 327. The van der Waals surface area contributed by atoms with Crippen molar-refractivity contribution in [2.24, 2.45) is 0 Å². The van der Waals surface area contributed by atoms with Crippen LogP contribution in [0.2, 0.25) is 0 Å². The average molecular weight is 149 g/mol. The van der Waals surface area contributed by atoms with E-state index in [4.69, 9.17) is 6.42 Å². The minimum absolute atomic E-state index is 0.250. The van der Waals surface area contributed by atoms with E-state index in [2.05, 4.69) is 10.9 Å². The zero-order valence-electron chi connectivity index (χ0n) is 5.54. The number of hydrogen-bond donors (Lipinski definition) is 0. The van der Waals surface area contributed by atoms with E-state index in [0.29, 0.717) is 6.29 Å². The largest absolute Gasteiger partial charge is 0.296 e. The highest BCUT2D eigenvalue weighted by Gasteiger charge is 2.01. The monoisotopic (exact) mass is 149 g/mol. The molecule has 3 heteroatoms. The van der Waals surface area contributed by atoms with Gasteiger partial charge in [0.1, 0.15) is 11.4 Å². The van der Waals surface area contributed by atoms with Crippen LogP contribution in [0.5, 0.6) is 0 Å². The van der Waals surface area contributed by atoms with Gasteiger partial charge in [0, 0.05) is 0 Å². The smallest absolute Gasteiger partial charge is 0.171 e. The summed E-state index contributed by atoms with van der Waals surface area (Å²) in [6, 6.07) is 2.45. The molecule has 1 rings (SSSR count). The van der Waals surface area contributed by atoms with Crippen molar-refractivity contribution in [3.05, 3.63) is 29.3 Å². The molecule has 0 saturated carbocycles. The van der Waals surface area contributed by atoms with Gasteiger partial charge in [0.05, 0.1) is 0 Å². The maximum atomic E-state index is 12.5. The molecule has 0 amide bonds. The Balaban J connectivity index is 3.25. The van der Waals surface area contributed by atoms with Crippen molar-refractivity contribution in [2.45, 2.75) is 0 Å². The molecule has 0 bridgehead atoms. The Morgan fingerprint density at radius 1 is 1.64 bits per heavy atom. The van der Waals surface area contributed by atoms with Gasteiger partial charge in [-0.15, -0.1) is 6.42 Å². The molecule has 0 aliphatic carbocycles. The zero-order valence-corrected chi connectivity index (χ0v) is 5.54. The number of carbonyl (C=O) groups excluding carboxylic acids is 1. The fourth-order valence-corrected chi connectivity index (χ4v) is 0.621. The Kier molecular flexibility index (Phi) is 1.98. The maximum Gasteiger partial charge on any atom is 0.171 e. The topological polar surface area (TPSA) is 30.0 Å². The first-order chi connectivity index (χ1) is 5.27. The second-order valence-electron chi connectivity index (χ2n) is 1.83. The van der Waals surface area contributed by atoms with Crippen molar-refractivity contribution in [3.63, 3.8) is 0 Å². The second-order valence-corrected chi connectivity index (χ2v) is 1.83. The van der Waals surface area contributed by atoms with Crippen LogP contribution in [0.4, 0.5) is 4.39 Å². The van der Waals surface area contributed by atoms with Gasteiger partial charge in [0.25, 0.3) is 0 Å². The predicted molar refractivity (Wildman–Crippen MR) is 37.5 cm³/mol. The van der Waals surface area contributed by atoms with Gasteiger partial charge >= 0.3 is 0 Å². The lowest BCUT2D eigenvalue weighted by Gasteiger charge is -1.92. The summed E-state index contributed by atoms with van der Waals surface area (Å²) >= 11 is 0. The molecule has 0 fully saturated rings. The van der Waals surface area contributed by atoms with E-state index in [1.807, 2.05) is 0 Å². The zero-order chi connectivity index (χ0) is 8.27. The number of carbonyl (C=O) groups is 1. The Labute approximate surface area is 63.1 Å². The molecule has 0 N–H and O–H groups in total. The van der Waals surface area contributed by atoms with Crippen molar-refractivity contribution in [3.8, 4) is 12.3 Å². The van der Waals surface area contributed by atoms with E-state index in [1.165, 1.54) is 6.07 Å². The molecule has 11 heavy (non-hydrogen) atoms. The Morgan fingerprint density at radius 3 is 2.91 bits per heavy atom. The van der Waals surface area contributed by atoms with Gasteiger partial charge in [-0.2, -0.15) is 0 Å². The van der Waals surface area contributed by atoms with E-state index in [-0.39, 0.29) is 11.4 Å². The molecule has 0 aromatic carbocycles. The molecule has 1 aromatic heterocycles. The first kappa shape index (κ1) is 7.42. The van der Waals surface area contributed by atoms with E-state index in [9.17, 15) is 9.18 Å². The molecule has 1 heterocycles. The summed E-state index contributed by atoms with van der Waals surface area (Å²) in [4.78, 5) is 13.7. The van der Waals surface area contributed by atoms with Crippen LogP contribution in [0.1, 0.15) is 16.2 Å². The van der Waals surface area contributed by atoms with Crippen molar-refractivity contribution >= 4 is 6.29 Å². The molecule has 0 saturated heterocycles. The Morgan fingerprint density at radius 2 is 2.36 bits per heavy atom. The second kappa shape index (κ2) is 2.93. The minimum atomic E-state index is -0.654. The van der Waals surface area contributed by atoms with Gasteiger partial charge in [0.2, 0.25) is 0 Å². The van der Waals surface area contributed by atoms with Crippen LogP contribution in [0.15, 0.2) is 12.1 Å². The van der Waals surface area contributed by atoms with Crippen LogP contribution in [-0.2, 0) is 0 Å². The van der Waals surface area contributed by atoms with Gasteiger partial charge in [-0.05, 0) is 12.1 Å². The Hall–Kier alpha value is -1.69. The minimum Gasteiger partial charge on any atom is -0.296 e. The van der Waals surface area contributed by atoms with Crippen molar-refractivity contribution in [1.29, 1.82) is 0 Å². The van der Waals surface area contributed by atoms with Gasteiger partial charge in [-0.25, -0.2) is 9.37 Å². The lowest BCUT2D eigenvalue weighted by atomic mass is 10.3. The lowest BCUT2D eigenvalue weighted by Crippen LogP contribution is -1.94. The highest BCUT2D eigenvalue weighted by Crippen LogP contribution is 2.02. The molecule has 0 radical (unpaired) electrons. The standard InChI is InChI=1S/C8H4FNO/c1-2-6-3-4-7(9)8(5-11)10-6/h1,3-5H. The average Bonchev–Trinajstić information content (AvgIpc) is 2.05. The first-order valence-electron chi connectivity index (χ1n) is 2.86. The number of pyridine rings is 1. The first-order valence-corrected chi connectivity index (χ1v) is 2.86. The number of aldehydes is 1.